The topological polar surface area (TPSA) is 134 Å². The molecule has 3 amide bonds. The van der Waals surface area contributed by atoms with E-state index in [4.69, 9.17) is 0 Å². The number of aliphatic hydroxyl groups excluding tert-OH is 1. The molecule has 0 aliphatic carbocycles. The first kappa shape index (κ1) is 28.5. The zero-order valence-electron chi connectivity index (χ0n) is 21.1. The quantitative estimate of drug-likeness (QED) is 0.325. The molecule has 0 bridgehead atoms. The molecule has 0 heterocycles. The average molecular weight is 498 g/mol. The monoisotopic (exact) mass is 497 g/mol. The predicted molar refractivity (Wildman–Crippen MR) is 135 cm³/mol. The fraction of sp³-hybridized carbons (Fsp3) is 0.407. The first-order chi connectivity index (χ1) is 17.1. The van der Waals surface area contributed by atoms with Crippen LogP contribution in [0.5, 0.6) is 0 Å². The van der Waals surface area contributed by atoms with E-state index in [-0.39, 0.29) is 24.7 Å². The van der Waals surface area contributed by atoms with Gasteiger partial charge in [0, 0.05) is 13.3 Å². The number of ether oxygens (including phenoxy) is 1. The Morgan fingerprint density at radius 1 is 0.806 bits per heavy atom. The summed E-state index contributed by atoms with van der Waals surface area (Å²) in [4.78, 5) is 50.2. The van der Waals surface area contributed by atoms with Crippen molar-refractivity contribution in [3.63, 3.8) is 0 Å². The third kappa shape index (κ3) is 8.81. The van der Waals surface area contributed by atoms with Gasteiger partial charge in [-0.2, -0.15) is 0 Å². The van der Waals surface area contributed by atoms with Crippen LogP contribution in [0.15, 0.2) is 60.7 Å². The lowest BCUT2D eigenvalue weighted by molar-refractivity contribution is -0.152. The molecular weight excluding hydrogens is 462 g/mol. The van der Waals surface area contributed by atoms with Crippen LogP contribution in [0, 0.1) is 5.92 Å². The summed E-state index contributed by atoms with van der Waals surface area (Å²) in [6.07, 6.45) is -1.19. The Morgan fingerprint density at radius 3 is 1.81 bits per heavy atom. The van der Waals surface area contributed by atoms with Crippen molar-refractivity contribution < 1.29 is 29.0 Å². The number of amides is 3. The van der Waals surface area contributed by atoms with Gasteiger partial charge in [-0.25, -0.2) is 4.79 Å². The third-order valence-electron chi connectivity index (χ3n) is 5.67. The molecule has 4 N–H and O–H groups in total. The Labute approximate surface area is 211 Å². The van der Waals surface area contributed by atoms with E-state index in [0.717, 1.165) is 18.2 Å². The van der Waals surface area contributed by atoms with Crippen LogP contribution in [0.2, 0.25) is 0 Å². The van der Waals surface area contributed by atoms with Gasteiger partial charge in [0.25, 0.3) is 0 Å². The van der Waals surface area contributed by atoms with Gasteiger partial charge >= 0.3 is 5.97 Å². The number of hydrogen-bond acceptors (Lipinski definition) is 6. The number of carbonyl (C=O) groups is 4. The lowest BCUT2D eigenvalue weighted by Crippen LogP contribution is -2.59. The van der Waals surface area contributed by atoms with Crippen LogP contribution < -0.4 is 16.0 Å². The molecule has 9 nitrogen and oxygen atoms in total. The number of nitrogens with one attached hydrogen (secondary N) is 3. The van der Waals surface area contributed by atoms with E-state index < -0.39 is 42.0 Å². The molecule has 0 spiro atoms. The van der Waals surface area contributed by atoms with Crippen molar-refractivity contribution in [1.82, 2.24) is 16.0 Å². The number of carbonyl (C=O) groups excluding carboxylic acids is 4. The largest absolute Gasteiger partial charge is 0.467 e. The minimum atomic E-state index is -1.60. The Morgan fingerprint density at radius 2 is 1.33 bits per heavy atom. The molecular formula is C27H35N3O6. The number of hydrogen-bond donors (Lipinski definition) is 4. The fourth-order valence-corrected chi connectivity index (χ4v) is 3.76. The van der Waals surface area contributed by atoms with Crippen LogP contribution in [0.3, 0.4) is 0 Å². The van der Waals surface area contributed by atoms with Gasteiger partial charge in [0.05, 0.1) is 13.2 Å². The number of rotatable bonds is 12. The normalized spacial score (nSPS) is 14.2. The maximum absolute atomic E-state index is 13.3. The van der Waals surface area contributed by atoms with Crippen molar-refractivity contribution in [2.45, 2.75) is 57.8 Å². The van der Waals surface area contributed by atoms with Gasteiger partial charge in [-0.3, -0.25) is 14.4 Å². The van der Waals surface area contributed by atoms with Gasteiger partial charge < -0.3 is 25.8 Å². The molecule has 0 aliphatic rings. The van der Waals surface area contributed by atoms with Gasteiger partial charge in [0.15, 0.2) is 6.10 Å². The van der Waals surface area contributed by atoms with Crippen molar-refractivity contribution in [3.05, 3.63) is 71.8 Å². The van der Waals surface area contributed by atoms with E-state index in [1.807, 2.05) is 60.7 Å². The second-order valence-corrected chi connectivity index (χ2v) is 8.95. The highest BCUT2D eigenvalue weighted by molar-refractivity contribution is 5.92. The van der Waals surface area contributed by atoms with Crippen LogP contribution >= 0.6 is 0 Å². The first-order valence-electron chi connectivity index (χ1n) is 11.8. The Kier molecular flexibility index (Phi) is 11.1. The highest BCUT2D eigenvalue weighted by Gasteiger charge is 2.33. The summed E-state index contributed by atoms with van der Waals surface area (Å²) in [7, 11) is 1.15. The van der Waals surface area contributed by atoms with Crippen molar-refractivity contribution in [3.8, 4) is 0 Å². The lowest BCUT2D eigenvalue weighted by Gasteiger charge is -2.29. The Hall–Kier alpha value is -3.72. The average Bonchev–Trinajstić information content (AvgIpc) is 2.86. The van der Waals surface area contributed by atoms with Crippen LogP contribution in [0.4, 0.5) is 0 Å². The van der Waals surface area contributed by atoms with Gasteiger partial charge in [-0.1, -0.05) is 74.5 Å². The SMILES string of the molecule is COC(=O)[C@H](O)[C@H](Cc1ccccc1)NC(=O)C(NC(=O)C(Cc1ccccc1)NC(C)=O)C(C)C. The first-order valence-corrected chi connectivity index (χ1v) is 11.8. The molecule has 0 aliphatic heterocycles. The number of aliphatic hydroxyl groups is 1. The maximum atomic E-state index is 13.3. The molecule has 4 atom stereocenters. The van der Waals surface area contributed by atoms with Crippen LogP contribution in [-0.2, 0) is 36.8 Å². The summed E-state index contributed by atoms with van der Waals surface area (Å²) in [5.74, 6) is -2.66. The van der Waals surface area contributed by atoms with E-state index in [9.17, 15) is 24.3 Å². The summed E-state index contributed by atoms with van der Waals surface area (Å²) in [6, 6.07) is 15.4. The zero-order chi connectivity index (χ0) is 26.7. The molecule has 9 heteroatoms. The molecule has 0 radical (unpaired) electrons. The van der Waals surface area contributed by atoms with Crippen LogP contribution in [0.1, 0.15) is 31.9 Å². The number of esters is 1. The van der Waals surface area contributed by atoms with Crippen molar-refractivity contribution in [1.29, 1.82) is 0 Å². The molecule has 36 heavy (non-hydrogen) atoms. The third-order valence-corrected chi connectivity index (χ3v) is 5.67. The van der Waals surface area contributed by atoms with Gasteiger partial charge in [0.1, 0.15) is 12.1 Å². The van der Waals surface area contributed by atoms with Crippen molar-refractivity contribution in [2.24, 2.45) is 5.92 Å². The van der Waals surface area contributed by atoms with E-state index >= 15 is 0 Å². The summed E-state index contributed by atoms with van der Waals surface area (Å²) in [5, 5.41) is 18.6. The molecule has 0 saturated heterocycles. The van der Waals surface area contributed by atoms with Gasteiger partial charge in [0.2, 0.25) is 17.7 Å². The summed E-state index contributed by atoms with van der Waals surface area (Å²) < 4.78 is 4.66. The zero-order valence-corrected chi connectivity index (χ0v) is 21.1. The van der Waals surface area contributed by atoms with Gasteiger partial charge in [-0.15, -0.1) is 0 Å². The summed E-state index contributed by atoms with van der Waals surface area (Å²) in [6.45, 7) is 4.84. The second kappa shape index (κ2) is 14.0. The molecule has 2 rings (SSSR count). The summed E-state index contributed by atoms with van der Waals surface area (Å²) in [5.41, 5.74) is 1.64. The van der Waals surface area contributed by atoms with Gasteiger partial charge in [-0.05, 0) is 23.5 Å². The molecule has 0 fully saturated rings. The minimum absolute atomic E-state index is 0.171. The minimum Gasteiger partial charge on any atom is -0.467 e. The standard InChI is InChI=1S/C27H35N3O6/c1-17(2)23(30-25(33)22(28-18(3)31)16-20-13-9-6-10-14-20)26(34)29-21(24(32)27(35)36-4)15-19-11-7-5-8-12-19/h5-14,17,21-24,32H,15-16H2,1-4H3,(H,28,31)(H,29,34)(H,30,33)/t21-,22?,23?,24+/m0/s1. The van der Waals surface area contributed by atoms with Crippen molar-refractivity contribution >= 4 is 23.7 Å². The second-order valence-electron chi connectivity index (χ2n) is 8.95. The molecule has 2 aromatic carbocycles. The molecule has 2 unspecified atom stereocenters. The summed E-state index contributed by atoms with van der Waals surface area (Å²) >= 11 is 0. The highest BCUT2D eigenvalue weighted by Crippen LogP contribution is 2.11. The van der Waals surface area contributed by atoms with E-state index in [1.165, 1.54) is 6.92 Å². The molecule has 194 valence electrons. The van der Waals surface area contributed by atoms with E-state index in [1.54, 1.807) is 13.8 Å². The van der Waals surface area contributed by atoms with E-state index in [2.05, 4.69) is 20.7 Å². The van der Waals surface area contributed by atoms with Crippen LogP contribution in [-0.4, -0.2) is 60.1 Å². The predicted octanol–water partition coefficient (Wildman–Crippen LogP) is 1.14. The van der Waals surface area contributed by atoms with E-state index in [0.29, 0.717) is 0 Å². The molecule has 0 saturated carbocycles. The Bertz CT molecular complexity index is 1010. The number of benzene rings is 2. The highest BCUT2D eigenvalue weighted by atomic mass is 16.5. The molecule has 0 aromatic heterocycles. The molecule has 2 aromatic rings. The van der Waals surface area contributed by atoms with Crippen molar-refractivity contribution in [2.75, 3.05) is 7.11 Å². The smallest absolute Gasteiger partial charge is 0.336 e. The Balaban J connectivity index is 2.20. The van der Waals surface area contributed by atoms with Crippen LogP contribution in [0.25, 0.3) is 0 Å². The fourth-order valence-electron chi connectivity index (χ4n) is 3.76. The maximum Gasteiger partial charge on any atom is 0.336 e. The lowest BCUT2D eigenvalue weighted by atomic mass is 9.98. The number of methoxy groups -OCH3 is 1.